The van der Waals surface area contributed by atoms with Gasteiger partial charge in [0.1, 0.15) is 6.54 Å². The maximum Gasteiger partial charge on any atom is 0.244 e. The average Bonchev–Trinajstić information content (AvgIpc) is 2.76. The first kappa shape index (κ1) is 13.0. The minimum absolute atomic E-state index is 0.130. The lowest BCUT2D eigenvalue weighted by atomic mass is 10.1. The first-order chi connectivity index (χ1) is 8.79. The summed E-state index contributed by atoms with van der Waals surface area (Å²) in [7, 11) is 0. The standard InChI is InChI=1S/C12H21N5O/c13-8-11-9-17(15-14-11)10-12(18)16-6-4-2-1-3-5-7-16/h9H,1-8,10,13H2. The van der Waals surface area contributed by atoms with Crippen LogP contribution < -0.4 is 5.73 Å². The molecule has 1 fully saturated rings. The van der Waals surface area contributed by atoms with Crippen LogP contribution in [0.15, 0.2) is 6.20 Å². The van der Waals surface area contributed by atoms with Crippen molar-refractivity contribution in [3.8, 4) is 0 Å². The second-order valence-corrected chi connectivity index (χ2v) is 4.76. The van der Waals surface area contributed by atoms with E-state index in [4.69, 9.17) is 5.73 Å². The molecule has 18 heavy (non-hydrogen) atoms. The summed E-state index contributed by atoms with van der Waals surface area (Å²) in [6.45, 7) is 2.37. The van der Waals surface area contributed by atoms with Crippen molar-refractivity contribution >= 4 is 5.91 Å². The zero-order chi connectivity index (χ0) is 12.8. The summed E-state index contributed by atoms with van der Waals surface area (Å²) >= 11 is 0. The molecule has 0 aliphatic carbocycles. The van der Waals surface area contributed by atoms with E-state index < -0.39 is 0 Å². The van der Waals surface area contributed by atoms with Gasteiger partial charge in [-0.3, -0.25) is 4.79 Å². The van der Waals surface area contributed by atoms with Crippen LogP contribution in [0.4, 0.5) is 0 Å². The molecule has 0 unspecified atom stereocenters. The Balaban J connectivity index is 1.89. The summed E-state index contributed by atoms with van der Waals surface area (Å²) < 4.78 is 1.57. The van der Waals surface area contributed by atoms with Gasteiger partial charge in [0.15, 0.2) is 0 Å². The lowest BCUT2D eigenvalue weighted by molar-refractivity contribution is -0.132. The number of aromatic nitrogens is 3. The van der Waals surface area contributed by atoms with Crippen molar-refractivity contribution in [1.29, 1.82) is 0 Å². The Kier molecular flexibility index (Phi) is 4.69. The van der Waals surface area contributed by atoms with E-state index in [2.05, 4.69) is 10.3 Å². The number of nitrogens with two attached hydrogens (primary N) is 1. The van der Waals surface area contributed by atoms with Crippen molar-refractivity contribution in [3.05, 3.63) is 11.9 Å². The largest absolute Gasteiger partial charge is 0.341 e. The van der Waals surface area contributed by atoms with Crippen LogP contribution in [0.2, 0.25) is 0 Å². The van der Waals surface area contributed by atoms with Gasteiger partial charge in [0, 0.05) is 19.6 Å². The second-order valence-electron chi connectivity index (χ2n) is 4.76. The molecule has 0 bridgehead atoms. The number of hydrogen-bond acceptors (Lipinski definition) is 4. The summed E-state index contributed by atoms with van der Waals surface area (Å²) in [5, 5.41) is 7.79. The van der Waals surface area contributed by atoms with Gasteiger partial charge in [0.25, 0.3) is 0 Å². The second kappa shape index (κ2) is 6.49. The molecule has 1 aromatic heterocycles. The van der Waals surface area contributed by atoms with Gasteiger partial charge in [-0.15, -0.1) is 5.10 Å². The van der Waals surface area contributed by atoms with Crippen molar-refractivity contribution in [2.75, 3.05) is 13.1 Å². The highest BCUT2D eigenvalue weighted by atomic mass is 16.2. The molecule has 0 radical (unpaired) electrons. The number of nitrogens with zero attached hydrogens (tertiary/aromatic N) is 4. The lowest BCUT2D eigenvalue weighted by Crippen LogP contribution is -2.36. The quantitative estimate of drug-likeness (QED) is 0.850. The zero-order valence-corrected chi connectivity index (χ0v) is 10.7. The Morgan fingerprint density at radius 3 is 2.50 bits per heavy atom. The van der Waals surface area contributed by atoms with E-state index in [0.29, 0.717) is 6.54 Å². The minimum atomic E-state index is 0.130. The van der Waals surface area contributed by atoms with E-state index in [9.17, 15) is 4.79 Å². The highest BCUT2D eigenvalue weighted by Gasteiger charge is 2.15. The van der Waals surface area contributed by atoms with Crippen LogP contribution in [0.1, 0.15) is 37.8 Å². The zero-order valence-electron chi connectivity index (χ0n) is 10.7. The molecule has 0 spiro atoms. The SMILES string of the molecule is NCc1cn(CC(=O)N2CCCCCCC2)nn1. The molecule has 0 saturated carbocycles. The van der Waals surface area contributed by atoms with E-state index in [-0.39, 0.29) is 12.5 Å². The number of amides is 1. The third kappa shape index (κ3) is 3.53. The number of carbonyl (C=O) groups is 1. The van der Waals surface area contributed by atoms with Gasteiger partial charge in [-0.05, 0) is 12.8 Å². The van der Waals surface area contributed by atoms with Crippen LogP contribution in [-0.4, -0.2) is 38.9 Å². The molecule has 6 nitrogen and oxygen atoms in total. The van der Waals surface area contributed by atoms with Crippen molar-refractivity contribution in [3.63, 3.8) is 0 Å². The Bertz CT molecular complexity index is 382. The Hall–Kier alpha value is -1.43. The molecule has 0 aromatic carbocycles. The fraction of sp³-hybridized carbons (Fsp3) is 0.750. The van der Waals surface area contributed by atoms with Gasteiger partial charge < -0.3 is 10.6 Å². The van der Waals surface area contributed by atoms with Crippen LogP contribution in [0.3, 0.4) is 0 Å². The maximum absolute atomic E-state index is 12.1. The predicted octanol–water partition coefficient (Wildman–Crippen LogP) is 0.529. The molecule has 1 aliphatic heterocycles. The monoisotopic (exact) mass is 251 g/mol. The Morgan fingerprint density at radius 1 is 1.22 bits per heavy atom. The molecule has 1 amide bonds. The molecule has 1 aliphatic rings. The summed E-state index contributed by atoms with van der Waals surface area (Å²) in [6.07, 6.45) is 7.70. The third-order valence-corrected chi connectivity index (χ3v) is 3.30. The van der Waals surface area contributed by atoms with Gasteiger partial charge in [0.05, 0.1) is 11.9 Å². The smallest absolute Gasteiger partial charge is 0.244 e. The third-order valence-electron chi connectivity index (χ3n) is 3.30. The number of hydrogen-bond donors (Lipinski definition) is 1. The lowest BCUT2D eigenvalue weighted by Gasteiger charge is -2.24. The van der Waals surface area contributed by atoms with E-state index in [0.717, 1.165) is 31.6 Å². The first-order valence-electron chi connectivity index (χ1n) is 6.66. The van der Waals surface area contributed by atoms with Gasteiger partial charge >= 0.3 is 0 Å². The summed E-state index contributed by atoms with van der Waals surface area (Å²) in [4.78, 5) is 14.1. The molecule has 1 aromatic rings. The first-order valence-corrected chi connectivity index (χ1v) is 6.66. The van der Waals surface area contributed by atoms with E-state index >= 15 is 0 Å². The highest BCUT2D eigenvalue weighted by Crippen LogP contribution is 2.10. The molecule has 2 rings (SSSR count). The average molecular weight is 251 g/mol. The number of carbonyl (C=O) groups excluding carboxylic acids is 1. The normalized spacial score (nSPS) is 17.3. The van der Waals surface area contributed by atoms with Gasteiger partial charge in [-0.25, -0.2) is 4.68 Å². The number of rotatable bonds is 3. The Labute approximate surface area is 107 Å². The van der Waals surface area contributed by atoms with Crippen LogP contribution in [0.25, 0.3) is 0 Å². The molecule has 2 N–H and O–H groups in total. The molecular weight excluding hydrogens is 230 g/mol. The highest BCUT2D eigenvalue weighted by molar-refractivity contribution is 5.75. The molecule has 6 heteroatoms. The maximum atomic E-state index is 12.1. The molecule has 2 heterocycles. The van der Waals surface area contributed by atoms with E-state index in [1.54, 1.807) is 10.9 Å². The molecule has 0 atom stereocenters. The molecular formula is C12H21N5O. The predicted molar refractivity (Wildman–Crippen MR) is 67.6 cm³/mol. The van der Waals surface area contributed by atoms with Gasteiger partial charge in [-0.2, -0.15) is 0 Å². The van der Waals surface area contributed by atoms with Crippen molar-refractivity contribution in [1.82, 2.24) is 19.9 Å². The van der Waals surface area contributed by atoms with E-state index in [1.165, 1.54) is 19.3 Å². The summed E-state index contributed by atoms with van der Waals surface area (Å²) in [6, 6.07) is 0. The van der Waals surface area contributed by atoms with Crippen LogP contribution in [0.5, 0.6) is 0 Å². The van der Waals surface area contributed by atoms with Gasteiger partial charge in [0.2, 0.25) is 5.91 Å². The fourth-order valence-corrected chi connectivity index (χ4v) is 2.24. The van der Waals surface area contributed by atoms with Crippen molar-refractivity contribution in [2.45, 2.75) is 45.2 Å². The van der Waals surface area contributed by atoms with Gasteiger partial charge in [-0.1, -0.05) is 24.5 Å². The summed E-state index contributed by atoms with van der Waals surface area (Å²) in [5.41, 5.74) is 6.18. The van der Waals surface area contributed by atoms with Crippen LogP contribution >= 0.6 is 0 Å². The molecule has 1 saturated heterocycles. The summed E-state index contributed by atoms with van der Waals surface area (Å²) in [5.74, 6) is 0.130. The van der Waals surface area contributed by atoms with Crippen molar-refractivity contribution < 1.29 is 4.79 Å². The van der Waals surface area contributed by atoms with Crippen molar-refractivity contribution in [2.24, 2.45) is 5.73 Å². The van der Waals surface area contributed by atoms with Crippen LogP contribution in [0, 0.1) is 0 Å². The minimum Gasteiger partial charge on any atom is -0.341 e. The molecule has 100 valence electrons. The van der Waals surface area contributed by atoms with E-state index in [1.807, 2.05) is 4.90 Å². The van der Waals surface area contributed by atoms with Crippen LogP contribution in [-0.2, 0) is 17.9 Å². The number of likely N-dealkylation sites (tertiary alicyclic amines) is 1. The Morgan fingerprint density at radius 2 is 1.89 bits per heavy atom. The fourth-order valence-electron chi connectivity index (χ4n) is 2.24. The topological polar surface area (TPSA) is 77.0 Å².